The van der Waals surface area contributed by atoms with Crippen LogP contribution in [0.3, 0.4) is 0 Å². The molecule has 82 valence electrons. The standard InChI is InChI=1S/C11H18N4/c12-7-10-1-5-15(6-2-10)9-11-8-13-3-4-14-11/h3-4,8,10H,1-2,5-7,9,12H2. The van der Waals surface area contributed by atoms with Crippen LogP contribution in [0, 0.1) is 5.92 Å². The molecular formula is C11H18N4. The van der Waals surface area contributed by atoms with Gasteiger partial charge in [-0.1, -0.05) is 0 Å². The third-order valence-corrected chi connectivity index (χ3v) is 3.04. The molecule has 0 spiro atoms. The second-order valence-corrected chi connectivity index (χ2v) is 4.15. The largest absolute Gasteiger partial charge is 0.330 e. The maximum atomic E-state index is 5.66. The van der Waals surface area contributed by atoms with Crippen LogP contribution in [0.4, 0.5) is 0 Å². The van der Waals surface area contributed by atoms with Gasteiger partial charge in [-0.2, -0.15) is 0 Å². The fraction of sp³-hybridized carbons (Fsp3) is 0.636. The first-order chi connectivity index (χ1) is 7.38. The van der Waals surface area contributed by atoms with Gasteiger partial charge in [-0.3, -0.25) is 14.9 Å². The highest BCUT2D eigenvalue weighted by atomic mass is 15.1. The van der Waals surface area contributed by atoms with E-state index in [-0.39, 0.29) is 0 Å². The Morgan fingerprint density at radius 2 is 2.13 bits per heavy atom. The second-order valence-electron chi connectivity index (χ2n) is 4.15. The summed E-state index contributed by atoms with van der Waals surface area (Å²) in [6.45, 7) is 4.03. The molecule has 0 saturated carbocycles. The quantitative estimate of drug-likeness (QED) is 0.789. The molecule has 15 heavy (non-hydrogen) atoms. The minimum absolute atomic E-state index is 0.725. The summed E-state index contributed by atoms with van der Waals surface area (Å²) in [6, 6.07) is 0. The van der Waals surface area contributed by atoms with Crippen LogP contribution >= 0.6 is 0 Å². The lowest BCUT2D eigenvalue weighted by atomic mass is 9.97. The molecule has 0 aromatic carbocycles. The van der Waals surface area contributed by atoms with E-state index in [4.69, 9.17) is 5.73 Å². The number of likely N-dealkylation sites (tertiary alicyclic amines) is 1. The molecule has 0 aliphatic carbocycles. The van der Waals surface area contributed by atoms with Crippen molar-refractivity contribution in [2.24, 2.45) is 11.7 Å². The molecule has 0 amide bonds. The molecule has 1 aromatic heterocycles. The number of hydrogen-bond donors (Lipinski definition) is 1. The predicted molar refractivity (Wildman–Crippen MR) is 59.1 cm³/mol. The van der Waals surface area contributed by atoms with Crippen molar-refractivity contribution < 1.29 is 0 Å². The van der Waals surface area contributed by atoms with Gasteiger partial charge in [0.25, 0.3) is 0 Å². The number of piperidine rings is 1. The summed E-state index contributed by atoms with van der Waals surface area (Å²) < 4.78 is 0. The highest BCUT2D eigenvalue weighted by Crippen LogP contribution is 2.16. The lowest BCUT2D eigenvalue weighted by Crippen LogP contribution is -2.35. The Hall–Kier alpha value is -1.00. The lowest BCUT2D eigenvalue weighted by molar-refractivity contribution is 0.178. The van der Waals surface area contributed by atoms with Gasteiger partial charge in [0.2, 0.25) is 0 Å². The molecule has 0 atom stereocenters. The van der Waals surface area contributed by atoms with Crippen molar-refractivity contribution in [3.05, 3.63) is 24.3 Å². The van der Waals surface area contributed by atoms with E-state index in [0.29, 0.717) is 0 Å². The van der Waals surface area contributed by atoms with Crippen LogP contribution in [-0.2, 0) is 6.54 Å². The van der Waals surface area contributed by atoms with Gasteiger partial charge >= 0.3 is 0 Å². The number of aromatic nitrogens is 2. The van der Waals surface area contributed by atoms with Crippen molar-refractivity contribution in [3.63, 3.8) is 0 Å². The molecule has 1 aliphatic heterocycles. The van der Waals surface area contributed by atoms with E-state index >= 15 is 0 Å². The summed E-state index contributed by atoms with van der Waals surface area (Å²) in [6.07, 6.45) is 7.74. The van der Waals surface area contributed by atoms with Gasteiger partial charge in [0.15, 0.2) is 0 Å². The number of rotatable bonds is 3. The maximum absolute atomic E-state index is 5.66. The predicted octanol–water partition coefficient (Wildman–Crippen LogP) is 0.647. The first-order valence-electron chi connectivity index (χ1n) is 5.56. The molecule has 4 nitrogen and oxygen atoms in total. The minimum atomic E-state index is 0.725. The summed E-state index contributed by atoms with van der Waals surface area (Å²) in [5.74, 6) is 0.725. The van der Waals surface area contributed by atoms with E-state index in [1.165, 1.54) is 12.8 Å². The highest BCUT2D eigenvalue weighted by molar-refractivity contribution is 4.94. The van der Waals surface area contributed by atoms with Crippen LogP contribution in [0.2, 0.25) is 0 Å². The number of nitrogens with two attached hydrogens (primary N) is 1. The molecule has 0 bridgehead atoms. The average Bonchev–Trinajstić information content (AvgIpc) is 2.31. The van der Waals surface area contributed by atoms with Crippen LogP contribution in [-0.4, -0.2) is 34.5 Å². The van der Waals surface area contributed by atoms with Gasteiger partial charge in [-0.15, -0.1) is 0 Å². The van der Waals surface area contributed by atoms with E-state index in [1.807, 2.05) is 6.20 Å². The topological polar surface area (TPSA) is 55.0 Å². The van der Waals surface area contributed by atoms with E-state index in [1.54, 1.807) is 12.4 Å². The maximum Gasteiger partial charge on any atom is 0.0726 e. The summed E-state index contributed by atoms with van der Waals surface area (Å²) in [5, 5.41) is 0. The highest BCUT2D eigenvalue weighted by Gasteiger charge is 2.17. The Kier molecular flexibility index (Phi) is 3.64. The normalized spacial score (nSPS) is 19.3. The van der Waals surface area contributed by atoms with E-state index in [9.17, 15) is 0 Å². The van der Waals surface area contributed by atoms with E-state index < -0.39 is 0 Å². The van der Waals surface area contributed by atoms with E-state index in [0.717, 1.165) is 37.8 Å². The Labute approximate surface area is 90.5 Å². The zero-order valence-electron chi connectivity index (χ0n) is 8.97. The van der Waals surface area contributed by atoms with Crippen LogP contribution in [0.25, 0.3) is 0 Å². The van der Waals surface area contributed by atoms with Gasteiger partial charge < -0.3 is 5.73 Å². The fourth-order valence-corrected chi connectivity index (χ4v) is 2.02. The number of hydrogen-bond acceptors (Lipinski definition) is 4. The molecule has 1 fully saturated rings. The molecule has 1 aliphatic rings. The zero-order chi connectivity index (χ0) is 10.5. The monoisotopic (exact) mass is 206 g/mol. The second kappa shape index (κ2) is 5.19. The number of nitrogens with zero attached hydrogens (tertiary/aromatic N) is 3. The van der Waals surface area contributed by atoms with Crippen molar-refractivity contribution in [1.82, 2.24) is 14.9 Å². The van der Waals surface area contributed by atoms with Crippen molar-refractivity contribution in [3.8, 4) is 0 Å². The zero-order valence-corrected chi connectivity index (χ0v) is 8.97. The third-order valence-electron chi connectivity index (χ3n) is 3.04. The van der Waals surface area contributed by atoms with Crippen molar-refractivity contribution in [2.45, 2.75) is 19.4 Å². The van der Waals surface area contributed by atoms with Gasteiger partial charge in [-0.05, 0) is 38.4 Å². The molecule has 1 aromatic rings. The Morgan fingerprint density at radius 1 is 1.33 bits per heavy atom. The third kappa shape index (κ3) is 2.97. The van der Waals surface area contributed by atoms with Gasteiger partial charge in [-0.25, -0.2) is 0 Å². The van der Waals surface area contributed by atoms with Gasteiger partial charge in [0.1, 0.15) is 0 Å². The molecule has 2 rings (SSSR count). The summed E-state index contributed by atoms with van der Waals surface area (Å²) in [5.41, 5.74) is 6.72. The van der Waals surface area contributed by atoms with Crippen LogP contribution in [0.5, 0.6) is 0 Å². The Morgan fingerprint density at radius 3 is 2.73 bits per heavy atom. The van der Waals surface area contributed by atoms with Gasteiger partial charge in [0, 0.05) is 25.1 Å². The van der Waals surface area contributed by atoms with Crippen LogP contribution in [0.1, 0.15) is 18.5 Å². The molecule has 2 heterocycles. The van der Waals surface area contributed by atoms with Gasteiger partial charge in [0.05, 0.1) is 5.69 Å². The van der Waals surface area contributed by atoms with Crippen LogP contribution < -0.4 is 5.73 Å². The average molecular weight is 206 g/mol. The Bertz CT molecular complexity index is 280. The van der Waals surface area contributed by atoms with Crippen molar-refractivity contribution >= 4 is 0 Å². The Balaban J connectivity index is 1.82. The van der Waals surface area contributed by atoms with Crippen molar-refractivity contribution in [2.75, 3.05) is 19.6 Å². The first-order valence-corrected chi connectivity index (χ1v) is 5.56. The molecule has 0 unspecified atom stereocenters. The smallest absolute Gasteiger partial charge is 0.0726 e. The molecular weight excluding hydrogens is 188 g/mol. The molecule has 2 N–H and O–H groups in total. The molecule has 1 saturated heterocycles. The summed E-state index contributed by atoms with van der Waals surface area (Å²) in [4.78, 5) is 10.8. The molecule has 0 radical (unpaired) electrons. The van der Waals surface area contributed by atoms with E-state index in [2.05, 4.69) is 14.9 Å². The fourth-order valence-electron chi connectivity index (χ4n) is 2.02. The summed E-state index contributed by atoms with van der Waals surface area (Å²) in [7, 11) is 0. The van der Waals surface area contributed by atoms with Crippen molar-refractivity contribution in [1.29, 1.82) is 0 Å². The van der Waals surface area contributed by atoms with Crippen LogP contribution in [0.15, 0.2) is 18.6 Å². The summed E-state index contributed by atoms with van der Waals surface area (Å²) >= 11 is 0. The lowest BCUT2D eigenvalue weighted by Gasteiger charge is -2.30. The molecule has 4 heteroatoms. The first kappa shape index (κ1) is 10.5. The minimum Gasteiger partial charge on any atom is -0.330 e. The SMILES string of the molecule is NCC1CCN(Cc2cnccn2)CC1.